The van der Waals surface area contributed by atoms with Crippen LogP contribution in [0.1, 0.15) is 18.4 Å². The quantitative estimate of drug-likeness (QED) is 0.761. The Morgan fingerprint density at radius 3 is 2.62 bits per heavy atom. The molecule has 1 atom stereocenters. The number of aliphatic imine (C=N–C) groups is 1. The second kappa shape index (κ2) is 6.41. The maximum absolute atomic E-state index is 13.0. The van der Waals surface area contributed by atoms with E-state index < -0.39 is 17.4 Å². The zero-order valence-corrected chi connectivity index (χ0v) is 14.0. The highest BCUT2D eigenvalue weighted by molar-refractivity contribution is 5.95. The molecular formula is C15H17F3N8. The molecule has 0 bridgehead atoms. The van der Waals surface area contributed by atoms with Crippen LogP contribution in [0.4, 0.5) is 18.9 Å². The summed E-state index contributed by atoms with van der Waals surface area (Å²) in [6.07, 6.45) is 1.19. The maximum Gasteiger partial charge on any atom is 0.417 e. The molecule has 0 fully saturated rings. The molecular weight excluding hydrogens is 349 g/mol. The van der Waals surface area contributed by atoms with Gasteiger partial charge in [-0.1, -0.05) is 0 Å². The van der Waals surface area contributed by atoms with Gasteiger partial charge in [-0.3, -0.25) is 4.68 Å². The Morgan fingerprint density at radius 1 is 1.31 bits per heavy atom. The molecule has 2 aromatic heterocycles. The Balaban J connectivity index is 1.75. The molecule has 0 radical (unpaired) electrons. The minimum absolute atomic E-state index is 0.0987. The third kappa shape index (κ3) is 3.82. The lowest BCUT2D eigenvalue weighted by molar-refractivity contribution is -0.100. The van der Waals surface area contributed by atoms with E-state index in [9.17, 15) is 13.2 Å². The maximum atomic E-state index is 13.0. The summed E-state index contributed by atoms with van der Waals surface area (Å²) in [5.41, 5.74) is 4.06. The lowest BCUT2D eigenvalue weighted by Gasteiger charge is -2.30. The summed E-state index contributed by atoms with van der Waals surface area (Å²) < 4.78 is 40.5. The first-order valence-corrected chi connectivity index (χ1v) is 7.65. The van der Waals surface area contributed by atoms with Gasteiger partial charge in [-0.2, -0.15) is 18.3 Å². The number of nitrogens with two attached hydrogens (primary N) is 1. The van der Waals surface area contributed by atoms with E-state index in [1.54, 1.807) is 36.3 Å². The average Bonchev–Trinajstić information content (AvgIpc) is 2.85. The van der Waals surface area contributed by atoms with Gasteiger partial charge in [-0.05, 0) is 19.9 Å². The Hall–Kier alpha value is -2.95. The number of aromatic nitrogens is 4. The normalized spacial score (nSPS) is 20.2. The summed E-state index contributed by atoms with van der Waals surface area (Å²) in [5.74, 6) is 0.684. The van der Waals surface area contributed by atoms with Crippen LogP contribution in [0.3, 0.4) is 0 Å². The van der Waals surface area contributed by atoms with Crippen LogP contribution in [0.2, 0.25) is 0 Å². The number of alkyl halides is 3. The van der Waals surface area contributed by atoms with Gasteiger partial charge in [-0.15, -0.1) is 0 Å². The highest BCUT2D eigenvalue weighted by atomic mass is 19.4. The predicted molar refractivity (Wildman–Crippen MR) is 89.0 cm³/mol. The summed E-state index contributed by atoms with van der Waals surface area (Å²) in [6, 6.07) is 1.71. The smallest absolute Gasteiger partial charge is 0.332 e. The largest absolute Gasteiger partial charge is 0.417 e. The molecule has 0 spiro atoms. The van der Waals surface area contributed by atoms with Crippen molar-refractivity contribution >= 4 is 11.6 Å². The summed E-state index contributed by atoms with van der Waals surface area (Å²) in [5, 5.41) is 9.71. The van der Waals surface area contributed by atoms with E-state index in [-0.39, 0.29) is 5.96 Å². The molecule has 3 heterocycles. The van der Waals surface area contributed by atoms with Gasteiger partial charge in [0.1, 0.15) is 18.0 Å². The van der Waals surface area contributed by atoms with Crippen LogP contribution >= 0.6 is 0 Å². The van der Waals surface area contributed by atoms with Gasteiger partial charge in [0.25, 0.3) is 0 Å². The molecule has 2 aromatic rings. The van der Waals surface area contributed by atoms with E-state index in [2.05, 4.69) is 30.7 Å². The van der Waals surface area contributed by atoms with E-state index in [4.69, 9.17) is 5.73 Å². The number of hydrogen-bond acceptors (Lipinski definition) is 7. The SMILES string of the molecule is Cc1nn(Cc2ncccn2)cc1NC1=NC(C)(N)C(C(F)(F)F)=CN1. The molecule has 11 heteroatoms. The van der Waals surface area contributed by atoms with Crippen LogP contribution < -0.4 is 16.4 Å². The average molecular weight is 366 g/mol. The molecule has 0 aliphatic carbocycles. The molecule has 0 amide bonds. The van der Waals surface area contributed by atoms with Gasteiger partial charge >= 0.3 is 6.18 Å². The summed E-state index contributed by atoms with van der Waals surface area (Å²) in [6.45, 7) is 3.31. The lowest BCUT2D eigenvalue weighted by Crippen LogP contribution is -2.49. The number of rotatable bonds is 3. The van der Waals surface area contributed by atoms with Gasteiger partial charge in [0.15, 0.2) is 0 Å². The van der Waals surface area contributed by atoms with Gasteiger partial charge in [-0.25, -0.2) is 15.0 Å². The zero-order chi connectivity index (χ0) is 18.9. The second-order valence-corrected chi connectivity index (χ2v) is 5.92. The van der Waals surface area contributed by atoms with E-state index in [0.29, 0.717) is 23.8 Å². The zero-order valence-electron chi connectivity index (χ0n) is 14.0. The van der Waals surface area contributed by atoms with Gasteiger partial charge in [0, 0.05) is 24.8 Å². The van der Waals surface area contributed by atoms with Crippen molar-refractivity contribution in [2.24, 2.45) is 10.7 Å². The van der Waals surface area contributed by atoms with Crippen LogP contribution in [-0.2, 0) is 6.54 Å². The molecule has 1 unspecified atom stereocenters. The molecule has 138 valence electrons. The molecule has 4 N–H and O–H groups in total. The number of anilines is 1. The standard InChI is InChI=1S/C15H17F3N8/c1-9-10(7-26(25-9)8-12-20-4-3-5-21-12)23-13-22-6-11(15(16,17)18)14(2,19)24-13/h3-7H,8,19H2,1-2H3,(H2,22,23,24). The third-order valence-electron chi connectivity index (χ3n) is 3.67. The van der Waals surface area contributed by atoms with E-state index >= 15 is 0 Å². The Bertz CT molecular complexity index is 852. The Kier molecular flexibility index (Phi) is 4.40. The van der Waals surface area contributed by atoms with Crippen molar-refractivity contribution in [3.63, 3.8) is 0 Å². The number of nitrogens with one attached hydrogen (secondary N) is 2. The van der Waals surface area contributed by atoms with E-state index in [0.717, 1.165) is 6.20 Å². The van der Waals surface area contributed by atoms with E-state index in [1.807, 2.05) is 0 Å². The second-order valence-electron chi connectivity index (χ2n) is 5.92. The predicted octanol–water partition coefficient (Wildman–Crippen LogP) is 1.52. The van der Waals surface area contributed by atoms with Gasteiger partial charge < -0.3 is 16.4 Å². The lowest BCUT2D eigenvalue weighted by atomic mass is 10.0. The van der Waals surface area contributed by atoms with Crippen molar-refractivity contribution in [1.29, 1.82) is 0 Å². The van der Waals surface area contributed by atoms with Crippen LogP contribution in [0.15, 0.2) is 41.4 Å². The van der Waals surface area contributed by atoms with Crippen LogP contribution in [-0.4, -0.2) is 37.5 Å². The molecule has 3 rings (SSSR count). The molecule has 26 heavy (non-hydrogen) atoms. The third-order valence-corrected chi connectivity index (χ3v) is 3.67. The van der Waals surface area contributed by atoms with Gasteiger partial charge in [0.05, 0.1) is 17.0 Å². The fraction of sp³-hybridized carbons (Fsp3) is 0.333. The van der Waals surface area contributed by atoms with Crippen molar-refractivity contribution in [3.05, 3.63) is 47.9 Å². The molecule has 0 saturated carbocycles. The first-order chi connectivity index (χ1) is 12.1. The van der Waals surface area contributed by atoms with Crippen LogP contribution in [0.5, 0.6) is 0 Å². The summed E-state index contributed by atoms with van der Waals surface area (Å²) in [4.78, 5) is 12.2. The number of aryl methyl sites for hydroxylation is 1. The van der Waals surface area contributed by atoms with Crippen molar-refractivity contribution in [1.82, 2.24) is 25.1 Å². The number of halogens is 3. The molecule has 1 aliphatic heterocycles. The monoisotopic (exact) mass is 366 g/mol. The highest BCUT2D eigenvalue weighted by Gasteiger charge is 2.45. The fourth-order valence-electron chi connectivity index (χ4n) is 2.45. The first-order valence-electron chi connectivity index (χ1n) is 7.65. The fourth-order valence-corrected chi connectivity index (χ4v) is 2.45. The van der Waals surface area contributed by atoms with Crippen LogP contribution in [0, 0.1) is 6.92 Å². The number of guanidine groups is 1. The van der Waals surface area contributed by atoms with Crippen molar-refractivity contribution < 1.29 is 13.2 Å². The minimum Gasteiger partial charge on any atom is -0.332 e. The number of nitrogens with zero attached hydrogens (tertiary/aromatic N) is 5. The van der Waals surface area contributed by atoms with Crippen molar-refractivity contribution in [2.75, 3.05) is 5.32 Å². The minimum atomic E-state index is -4.57. The molecule has 8 nitrogen and oxygen atoms in total. The Labute approximate surface area is 147 Å². The Morgan fingerprint density at radius 2 is 2.00 bits per heavy atom. The van der Waals surface area contributed by atoms with Crippen LogP contribution in [0.25, 0.3) is 0 Å². The highest BCUT2D eigenvalue weighted by Crippen LogP contribution is 2.34. The summed E-state index contributed by atoms with van der Waals surface area (Å²) in [7, 11) is 0. The molecule has 0 aromatic carbocycles. The van der Waals surface area contributed by atoms with Crippen molar-refractivity contribution in [2.45, 2.75) is 32.2 Å². The van der Waals surface area contributed by atoms with Gasteiger partial charge in [0.2, 0.25) is 5.96 Å². The molecule has 0 saturated heterocycles. The summed E-state index contributed by atoms with van der Waals surface area (Å²) >= 11 is 0. The van der Waals surface area contributed by atoms with Crippen molar-refractivity contribution in [3.8, 4) is 0 Å². The first kappa shape index (κ1) is 17.9. The van der Waals surface area contributed by atoms with E-state index in [1.165, 1.54) is 6.92 Å². The molecule has 1 aliphatic rings. The topological polar surface area (TPSA) is 106 Å². The number of hydrogen-bond donors (Lipinski definition) is 3.